The number of piperidine rings is 1. The third kappa shape index (κ3) is 3.44. The lowest BCUT2D eigenvalue weighted by atomic mass is 10.0. The number of carbonyl (C=O) groups excluding carboxylic acids is 1. The Labute approximate surface area is 113 Å². The maximum Gasteiger partial charge on any atom is 0.276 e. The van der Waals surface area contributed by atoms with E-state index in [2.05, 4.69) is 10.3 Å². The number of nitrogens with zero attached hydrogens (tertiary/aromatic N) is 2. The first-order valence-electron chi connectivity index (χ1n) is 6.89. The molecule has 1 aliphatic rings. The second-order valence-corrected chi connectivity index (χ2v) is 4.86. The average molecular weight is 263 g/mol. The Hall–Kier alpha value is -1.62. The maximum absolute atomic E-state index is 12.3. The predicted octanol–water partition coefficient (Wildman–Crippen LogP) is 1.39. The van der Waals surface area contributed by atoms with Gasteiger partial charge in [-0.1, -0.05) is 6.42 Å². The van der Waals surface area contributed by atoms with Crippen molar-refractivity contribution in [1.82, 2.24) is 15.2 Å². The molecule has 104 valence electrons. The molecule has 2 N–H and O–H groups in total. The van der Waals surface area contributed by atoms with Gasteiger partial charge in [-0.2, -0.15) is 0 Å². The second kappa shape index (κ2) is 6.52. The summed E-state index contributed by atoms with van der Waals surface area (Å²) in [5.41, 5.74) is 0.139. The lowest BCUT2D eigenvalue weighted by molar-refractivity contribution is 0.0732. The van der Waals surface area contributed by atoms with Crippen molar-refractivity contribution in [2.24, 2.45) is 0 Å². The minimum Gasteiger partial charge on any atom is -0.505 e. The van der Waals surface area contributed by atoms with Gasteiger partial charge in [0.25, 0.3) is 5.91 Å². The molecule has 19 heavy (non-hydrogen) atoms. The molecule has 5 heteroatoms. The molecule has 0 aromatic carbocycles. The van der Waals surface area contributed by atoms with E-state index in [0.29, 0.717) is 19.1 Å². The van der Waals surface area contributed by atoms with Crippen LogP contribution in [0.5, 0.6) is 5.75 Å². The minimum absolute atomic E-state index is 0.0532. The van der Waals surface area contributed by atoms with Crippen LogP contribution in [0.2, 0.25) is 0 Å². The highest BCUT2D eigenvalue weighted by atomic mass is 16.3. The third-order valence-electron chi connectivity index (χ3n) is 3.51. The van der Waals surface area contributed by atoms with E-state index in [9.17, 15) is 9.90 Å². The van der Waals surface area contributed by atoms with Crippen molar-refractivity contribution in [1.29, 1.82) is 0 Å². The first-order valence-corrected chi connectivity index (χ1v) is 6.89. The smallest absolute Gasteiger partial charge is 0.276 e. The Morgan fingerprint density at radius 2 is 2.42 bits per heavy atom. The first kappa shape index (κ1) is 13.8. The zero-order chi connectivity index (χ0) is 13.7. The number of hydrogen-bond donors (Lipinski definition) is 2. The van der Waals surface area contributed by atoms with Crippen molar-refractivity contribution >= 4 is 5.91 Å². The summed E-state index contributed by atoms with van der Waals surface area (Å²) in [6.07, 6.45) is 5.04. The molecule has 2 rings (SSSR count). The van der Waals surface area contributed by atoms with Crippen LogP contribution in [0.3, 0.4) is 0 Å². The van der Waals surface area contributed by atoms with E-state index in [1.165, 1.54) is 25.1 Å². The van der Waals surface area contributed by atoms with Gasteiger partial charge in [0.2, 0.25) is 0 Å². The number of hydrogen-bond acceptors (Lipinski definition) is 4. The van der Waals surface area contributed by atoms with Crippen LogP contribution < -0.4 is 5.32 Å². The Balaban J connectivity index is 2.04. The molecule has 1 aliphatic heterocycles. The number of carbonyl (C=O) groups is 1. The molecule has 1 saturated heterocycles. The van der Waals surface area contributed by atoms with Crippen molar-refractivity contribution in [3.8, 4) is 5.75 Å². The van der Waals surface area contributed by atoms with E-state index in [0.717, 1.165) is 13.0 Å². The number of aromatic nitrogens is 1. The van der Waals surface area contributed by atoms with Crippen molar-refractivity contribution in [2.45, 2.75) is 32.2 Å². The minimum atomic E-state index is -0.201. The SMILES string of the molecule is CCN(CC1CCCCN1)C(=O)c1ncccc1O. The van der Waals surface area contributed by atoms with Crippen LogP contribution in [-0.4, -0.2) is 46.6 Å². The Bertz CT molecular complexity index is 430. The molecule has 0 bridgehead atoms. The van der Waals surface area contributed by atoms with Crippen molar-refractivity contribution in [3.63, 3.8) is 0 Å². The zero-order valence-corrected chi connectivity index (χ0v) is 11.3. The molecule has 0 spiro atoms. The standard InChI is InChI=1S/C14H21N3O2/c1-2-17(10-11-6-3-4-8-15-11)14(19)13-12(18)7-5-9-16-13/h5,7,9,11,15,18H,2-4,6,8,10H2,1H3. The molecule has 2 heterocycles. The van der Waals surface area contributed by atoms with Crippen LogP contribution in [-0.2, 0) is 0 Å². The lowest BCUT2D eigenvalue weighted by Gasteiger charge is -2.29. The average Bonchev–Trinajstić information content (AvgIpc) is 2.46. The van der Waals surface area contributed by atoms with E-state index in [-0.39, 0.29) is 17.4 Å². The second-order valence-electron chi connectivity index (χ2n) is 4.86. The lowest BCUT2D eigenvalue weighted by Crippen LogP contribution is -2.45. The fourth-order valence-electron chi connectivity index (χ4n) is 2.41. The normalized spacial score (nSPS) is 19.1. The molecule has 0 aliphatic carbocycles. The summed E-state index contributed by atoms with van der Waals surface area (Å²) >= 11 is 0. The summed E-state index contributed by atoms with van der Waals surface area (Å²) in [4.78, 5) is 18.1. The Morgan fingerprint density at radius 3 is 3.05 bits per heavy atom. The topological polar surface area (TPSA) is 65.5 Å². The third-order valence-corrected chi connectivity index (χ3v) is 3.51. The predicted molar refractivity (Wildman–Crippen MR) is 73.1 cm³/mol. The van der Waals surface area contributed by atoms with Crippen LogP contribution in [0.1, 0.15) is 36.7 Å². The van der Waals surface area contributed by atoms with Gasteiger partial charge in [-0.25, -0.2) is 4.98 Å². The largest absolute Gasteiger partial charge is 0.505 e. The number of aromatic hydroxyl groups is 1. The highest BCUT2D eigenvalue weighted by Crippen LogP contribution is 2.16. The molecule has 0 saturated carbocycles. The molecule has 1 unspecified atom stereocenters. The highest BCUT2D eigenvalue weighted by molar-refractivity contribution is 5.94. The maximum atomic E-state index is 12.3. The number of amides is 1. The molecular weight excluding hydrogens is 242 g/mol. The van der Waals surface area contributed by atoms with Crippen LogP contribution >= 0.6 is 0 Å². The monoisotopic (exact) mass is 263 g/mol. The summed E-state index contributed by atoms with van der Waals surface area (Å²) in [6.45, 7) is 4.25. The van der Waals surface area contributed by atoms with Crippen molar-refractivity contribution in [2.75, 3.05) is 19.6 Å². The zero-order valence-electron chi connectivity index (χ0n) is 11.3. The molecule has 1 amide bonds. The van der Waals surface area contributed by atoms with Gasteiger partial charge in [-0.3, -0.25) is 4.79 Å². The fraction of sp³-hybridized carbons (Fsp3) is 0.571. The van der Waals surface area contributed by atoms with E-state index < -0.39 is 0 Å². The van der Waals surface area contributed by atoms with E-state index in [1.54, 1.807) is 11.0 Å². The molecule has 1 atom stereocenters. The van der Waals surface area contributed by atoms with Gasteiger partial charge in [-0.05, 0) is 38.4 Å². The van der Waals surface area contributed by atoms with Crippen molar-refractivity contribution in [3.05, 3.63) is 24.0 Å². The molecule has 5 nitrogen and oxygen atoms in total. The summed E-state index contributed by atoms with van der Waals surface area (Å²) < 4.78 is 0. The van der Waals surface area contributed by atoms with Gasteiger partial charge in [-0.15, -0.1) is 0 Å². The summed E-state index contributed by atoms with van der Waals surface area (Å²) in [5.74, 6) is -0.254. The van der Waals surface area contributed by atoms with Gasteiger partial charge in [0, 0.05) is 25.3 Å². The molecule has 0 radical (unpaired) electrons. The van der Waals surface area contributed by atoms with Crippen LogP contribution in [0, 0.1) is 0 Å². The summed E-state index contributed by atoms with van der Waals surface area (Å²) in [7, 11) is 0. The fourth-order valence-corrected chi connectivity index (χ4v) is 2.41. The van der Waals surface area contributed by atoms with Gasteiger partial charge >= 0.3 is 0 Å². The van der Waals surface area contributed by atoms with E-state index >= 15 is 0 Å². The number of nitrogens with one attached hydrogen (secondary N) is 1. The Morgan fingerprint density at radius 1 is 1.58 bits per heavy atom. The molecule has 1 aromatic heterocycles. The van der Waals surface area contributed by atoms with E-state index in [1.807, 2.05) is 6.92 Å². The molecular formula is C14H21N3O2. The summed E-state index contributed by atoms with van der Waals surface area (Å²) in [5, 5.41) is 13.1. The van der Waals surface area contributed by atoms with Gasteiger partial charge in [0.05, 0.1) is 0 Å². The highest BCUT2D eigenvalue weighted by Gasteiger charge is 2.22. The number of likely N-dealkylation sites (N-methyl/N-ethyl adjacent to an activating group) is 1. The van der Waals surface area contributed by atoms with Crippen LogP contribution in [0.4, 0.5) is 0 Å². The van der Waals surface area contributed by atoms with Gasteiger partial charge < -0.3 is 15.3 Å². The molecule has 1 aromatic rings. The van der Waals surface area contributed by atoms with Gasteiger partial charge in [0.1, 0.15) is 5.75 Å². The van der Waals surface area contributed by atoms with Crippen LogP contribution in [0.25, 0.3) is 0 Å². The van der Waals surface area contributed by atoms with Crippen LogP contribution in [0.15, 0.2) is 18.3 Å². The van der Waals surface area contributed by atoms with Gasteiger partial charge in [0.15, 0.2) is 5.69 Å². The number of rotatable bonds is 4. The first-order chi connectivity index (χ1) is 9.22. The Kier molecular flexibility index (Phi) is 4.74. The van der Waals surface area contributed by atoms with E-state index in [4.69, 9.17) is 0 Å². The molecule has 1 fully saturated rings. The number of pyridine rings is 1. The quantitative estimate of drug-likeness (QED) is 0.861. The van der Waals surface area contributed by atoms with Crippen molar-refractivity contribution < 1.29 is 9.90 Å². The summed E-state index contributed by atoms with van der Waals surface area (Å²) in [6, 6.07) is 3.46.